The third-order valence-corrected chi connectivity index (χ3v) is 4.03. The third kappa shape index (κ3) is 11.2. The first-order chi connectivity index (χ1) is 13.2. The Kier molecular flexibility index (Phi) is 12.7. The number of nitrogens with one attached hydrogen (secondary N) is 1. The van der Waals surface area contributed by atoms with E-state index >= 15 is 0 Å². The lowest BCUT2D eigenvalue weighted by atomic mass is 10.1. The summed E-state index contributed by atoms with van der Waals surface area (Å²) in [5.74, 6) is -0.0319. The molecule has 150 valence electrons. The van der Waals surface area contributed by atoms with Crippen molar-refractivity contribution in [2.45, 2.75) is 32.4 Å². The van der Waals surface area contributed by atoms with E-state index < -0.39 is 6.23 Å². The van der Waals surface area contributed by atoms with Crippen LogP contribution in [0.1, 0.15) is 26.2 Å². The van der Waals surface area contributed by atoms with Crippen LogP contribution in [0.15, 0.2) is 65.5 Å². The summed E-state index contributed by atoms with van der Waals surface area (Å²) < 4.78 is 0. The van der Waals surface area contributed by atoms with E-state index in [2.05, 4.69) is 27.5 Å². The topological polar surface area (TPSA) is 88.3 Å². The van der Waals surface area contributed by atoms with Crippen LogP contribution in [0.25, 0.3) is 0 Å². The van der Waals surface area contributed by atoms with E-state index in [0.29, 0.717) is 5.70 Å². The van der Waals surface area contributed by atoms with Crippen LogP contribution in [0.2, 0.25) is 0 Å². The maximum Gasteiger partial charge on any atom is 0.143 e. The van der Waals surface area contributed by atoms with E-state index in [-0.39, 0.29) is 19.3 Å². The van der Waals surface area contributed by atoms with Crippen molar-refractivity contribution >= 4 is 6.21 Å². The van der Waals surface area contributed by atoms with Crippen LogP contribution >= 0.6 is 0 Å². The molecule has 2 unspecified atom stereocenters. The van der Waals surface area contributed by atoms with Crippen molar-refractivity contribution in [2.24, 2.45) is 10.9 Å². The summed E-state index contributed by atoms with van der Waals surface area (Å²) in [6.07, 6.45) is 20.5. The second kappa shape index (κ2) is 15.0. The van der Waals surface area contributed by atoms with Gasteiger partial charge in [-0.2, -0.15) is 0 Å². The normalized spacial score (nSPS) is 18.8. The van der Waals surface area contributed by atoms with Crippen molar-refractivity contribution in [1.82, 2.24) is 10.2 Å². The quantitative estimate of drug-likeness (QED) is 0.182. The molecule has 1 aliphatic heterocycles. The monoisotopic (exact) mass is 375 g/mol. The van der Waals surface area contributed by atoms with Crippen LogP contribution < -0.4 is 5.32 Å². The molecule has 2 atom stereocenters. The summed E-state index contributed by atoms with van der Waals surface area (Å²) in [5, 5.41) is 31.3. The molecule has 0 amide bonds. The average molecular weight is 376 g/mol. The summed E-state index contributed by atoms with van der Waals surface area (Å²) >= 11 is 0. The zero-order valence-corrected chi connectivity index (χ0v) is 16.1. The first-order valence-corrected chi connectivity index (χ1v) is 9.44. The van der Waals surface area contributed by atoms with Gasteiger partial charge in [-0.15, -0.1) is 0 Å². The highest BCUT2D eigenvalue weighted by atomic mass is 16.3. The van der Waals surface area contributed by atoms with E-state index in [1.165, 1.54) is 19.1 Å². The number of aliphatic imine (C=N–C) groups is 1. The Balaban J connectivity index is 2.54. The first kappa shape index (κ1) is 22.9. The number of aliphatic hydroxyl groups excluding tert-OH is 3. The molecule has 1 aliphatic rings. The average Bonchev–Trinajstić information content (AvgIpc) is 3.19. The van der Waals surface area contributed by atoms with Crippen molar-refractivity contribution in [1.29, 1.82) is 0 Å². The van der Waals surface area contributed by atoms with Crippen LogP contribution in [0.4, 0.5) is 0 Å². The number of aliphatic hydroxyl groups is 3. The predicted octanol–water partition coefficient (Wildman–Crippen LogP) is 2.10. The van der Waals surface area contributed by atoms with Crippen molar-refractivity contribution in [3.05, 3.63) is 60.5 Å². The molecule has 6 nitrogen and oxygen atoms in total. The van der Waals surface area contributed by atoms with Crippen LogP contribution in [0.5, 0.6) is 0 Å². The molecule has 0 aromatic rings. The number of hydrogen-bond acceptors (Lipinski definition) is 6. The Labute approximate surface area is 162 Å². The van der Waals surface area contributed by atoms with Gasteiger partial charge in [-0.05, 0) is 56.7 Å². The minimum atomic E-state index is -0.877. The van der Waals surface area contributed by atoms with Gasteiger partial charge in [0, 0.05) is 37.5 Å². The molecular weight excluding hydrogens is 342 g/mol. The van der Waals surface area contributed by atoms with Gasteiger partial charge in [0.2, 0.25) is 0 Å². The standard InChI is InChI=1S/C21H33N3O3/c1-2-3-9-20(10-6-13-22-18-26)23-21(27)12-11-19(17-25)8-7-16-24-14-4-5-15-24/h2-3,6-7,9-13,16,19,21,23,25-27H,4-5,8,14-15,17-18H2,1H3/b3-2+,10-6-,12-11+,16-7+,20-9+,22-13+. The Hall–Kier alpha value is -2.15. The Bertz CT molecular complexity index is 559. The van der Waals surface area contributed by atoms with Gasteiger partial charge in [0.25, 0.3) is 0 Å². The molecule has 0 spiro atoms. The molecule has 6 heteroatoms. The molecule has 0 saturated carbocycles. The van der Waals surface area contributed by atoms with Gasteiger partial charge in [-0.3, -0.25) is 4.99 Å². The summed E-state index contributed by atoms with van der Waals surface area (Å²) in [4.78, 5) is 5.98. The number of hydrogen-bond donors (Lipinski definition) is 4. The number of rotatable bonds is 12. The van der Waals surface area contributed by atoms with Crippen LogP contribution in [0, 0.1) is 5.92 Å². The fourth-order valence-electron chi connectivity index (χ4n) is 2.58. The summed E-state index contributed by atoms with van der Waals surface area (Å²) in [7, 11) is 0. The highest BCUT2D eigenvalue weighted by molar-refractivity contribution is 5.71. The van der Waals surface area contributed by atoms with E-state index in [9.17, 15) is 10.2 Å². The fraction of sp³-hybridized carbons (Fsp3) is 0.476. The SMILES string of the molecule is C/C=C/C=C(\C=C/C=N/CO)NC(O)/C=C/C(CO)C/C=C/N1CCCC1. The maximum atomic E-state index is 10.2. The van der Waals surface area contributed by atoms with E-state index in [4.69, 9.17) is 5.11 Å². The zero-order chi connectivity index (χ0) is 19.7. The van der Waals surface area contributed by atoms with Gasteiger partial charge < -0.3 is 25.5 Å². The lowest BCUT2D eigenvalue weighted by Crippen LogP contribution is -2.25. The summed E-state index contributed by atoms with van der Waals surface area (Å²) in [6, 6.07) is 0. The summed E-state index contributed by atoms with van der Waals surface area (Å²) in [5.41, 5.74) is 0.698. The van der Waals surface area contributed by atoms with Gasteiger partial charge in [0.1, 0.15) is 13.0 Å². The first-order valence-electron chi connectivity index (χ1n) is 9.44. The van der Waals surface area contributed by atoms with Gasteiger partial charge in [0.15, 0.2) is 0 Å². The van der Waals surface area contributed by atoms with E-state index in [1.807, 2.05) is 31.2 Å². The van der Waals surface area contributed by atoms with E-state index in [0.717, 1.165) is 19.5 Å². The molecule has 0 aromatic carbocycles. The zero-order valence-electron chi connectivity index (χ0n) is 16.1. The second-order valence-corrected chi connectivity index (χ2v) is 6.26. The molecule has 1 heterocycles. The number of allylic oxidation sites excluding steroid dienone is 6. The van der Waals surface area contributed by atoms with E-state index in [1.54, 1.807) is 18.2 Å². The molecule has 0 radical (unpaired) electrons. The van der Waals surface area contributed by atoms with Gasteiger partial charge in [-0.25, -0.2) is 0 Å². The molecule has 0 aromatic heterocycles. The molecule has 27 heavy (non-hydrogen) atoms. The highest BCUT2D eigenvalue weighted by Gasteiger charge is 2.07. The van der Waals surface area contributed by atoms with Crippen molar-refractivity contribution in [3.63, 3.8) is 0 Å². The van der Waals surface area contributed by atoms with Gasteiger partial charge >= 0.3 is 0 Å². The van der Waals surface area contributed by atoms with Gasteiger partial charge in [0.05, 0.1) is 0 Å². The van der Waals surface area contributed by atoms with Crippen LogP contribution in [-0.2, 0) is 0 Å². The summed E-state index contributed by atoms with van der Waals surface area (Å²) in [6.45, 7) is 3.90. The smallest absolute Gasteiger partial charge is 0.143 e. The Morgan fingerprint density at radius 2 is 1.96 bits per heavy atom. The third-order valence-electron chi connectivity index (χ3n) is 4.03. The molecule has 1 rings (SSSR count). The number of likely N-dealkylation sites (tertiary alicyclic amines) is 1. The minimum Gasteiger partial charge on any atom is -0.396 e. The fourth-order valence-corrected chi connectivity index (χ4v) is 2.58. The molecule has 0 aliphatic carbocycles. The molecule has 1 saturated heterocycles. The molecule has 0 bridgehead atoms. The van der Waals surface area contributed by atoms with Crippen molar-refractivity contribution in [2.75, 3.05) is 26.4 Å². The lowest BCUT2D eigenvalue weighted by Gasteiger charge is -2.13. The second-order valence-electron chi connectivity index (χ2n) is 6.26. The van der Waals surface area contributed by atoms with Gasteiger partial charge in [-0.1, -0.05) is 24.3 Å². The molecular formula is C21H33N3O3. The number of nitrogens with zero attached hydrogens (tertiary/aromatic N) is 2. The predicted molar refractivity (Wildman–Crippen MR) is 111 cm³/mol. The Morgan fingerprint density at radius 3 is 2.63 bits per heavy atom. The van der Waals surface area contributed by atoms with Crippen LogP contribution in [-0.4, -0.2) is 59.1 Å². The van der Waals surface area contributed by atoms with Crippen molar-refractivity contribution < 1.29 is 15.3 Å². The molecule has 4 N–H and O–H groups in total. The van der Waals surface area contributed by atoms with Crippen molar-refractivity contribution in [3.8, 4) is 0 Å². The van der Waals surface area contributed by atoms with Crippen LogP contribution in [0.3, 0.4) is 0 Å². The molecule has 1 fully saturated rings. The minimum absolute atomic E-state index is 0.0319. The maximum absolute atomic E-state index is 10.2. The highest BCUT2D eigenvalue weighted by Crippen LogP contribution is 2.10. The lowest BCUT2D eigenvalue weighted by molar-refractivity contribution is 0.197. The largest absolute Gasteiger partial charge is 0.396 e. The Morgan fingerprint density at radius 1 is 1.19 bits per heavy atom.